The molecule has 1 fully saturated rings. The molecular formula is C17H25FN2O. The third kappa shape index (κ3) is 4.61. The van der Waals surface area contributed by atoms with Crippen molar-refractivity contribution >= 4 is 5.78 Å². The third-order valence-electron chi connectivity index (χ3n) is 4.29. The van der Waals surface area contributed by atoms with Crippen LogP contribution in [0.4, 0.5) is 4.39 Å². The van der Waals surface area contributed by atoms with Gasteiger partial charge in [-0.25, -0.2) is 4.39 Å². The van der Waals surface area contributed by atoms with Gasteiger partial charge in [0.25, 0.3) is 0 Å². The molecular weight excluding hydrogens is 267 g/mol. The van der Waals surface area contributed by atoms with Gasteiger partial charge in [-0.1, -0.05) is 19.1 Å². The van der Waals surface area contributed by atoms with Crippen LogP contribution in [0.15, 0.2) is 24.3 Å². The summed E-state index contributed by atoms with van der Waals surface area (Å²) >= 11 is 0. The van der Waals surface area contributed by atoms with E-state index in [0.29, 0.717) is 18.0 Å². The fourth-order valence-corrected chi connectivity index (χ4v) is 3.07. The number of hydrogen-bond acceptors (Lipinski definition) is 3. The van der Waals surface area contributed by atoms with Gasteiger partial charge in [0.2, 0.25) is 0 Å². The molecule has 1 aromatic carbocycles. The molecule has 1 aliphatic heterocycles. The lowest BCUT2D eigenvalue weighted by atomic mass is 10.1. The number of benzene rings is 1. The number of likely N-dealkylation sites (N-methyl/N-ethyl adjacent to an activating group) is 2. The molecule has 0 aromatic heterocycles. The number of nitrogens with zero attached hydrogens (tertiary/aromatic N) is 2. The summed E-state index contributed by atoms with van der Waals surface area (Å²) in [6.45, 7) is 6.22. The van der Waals surface area contributed by atoms with Crippen molar-refractivity contribution in [3.63, 3.8) is 0 Å². The molecule has 1 aliphatic rings. The maximum atomic E-state index is 13.1. The molecule has 0 bridgehead atoms. The van der Waals surface area contributed by atoms with Gasteiger partial charge in [0.15, 0.2) is 5.78 Å². The van der Waals surface area contributed by atoms with Gasteiger partial charge in [0.1, 0.15) is 5.82 Å². The second-order valence-electron chi connectivity index (χ2n) is 5.87. The average Bonchev–Trinajstić information content (AvgIpc) is 2.92. The van der Waals surface area contributed by atoms with Crippen LogP contribution in [0.1, 0.15) is 36.5 Å². The minimum atomic E-state index is -0.348. The highest BCUT2D eigenvalue weighted by molar-refractivity contribution is 5.96. The maximum absolute atomic E-state index is 13.1. The van der Waals surface area contributed by atoms with Crippen molar-refractivity contribution in [2.24, 2.45) is 0 Å². The summed E-state index contributed by atoms with van der Waals surface area (Å²) in [5.74, 6) is -0.334. The molecule has 1 saturated heterocycles. The molecule has 1 heterocycles. The van der Waals surface area contributed by atoms with Crippen molar-refractivity contribution in [3.05, 3.63) is 35.6 Å². The van der Waals surface area contributed by atoms with E-state index in [9.17, 15) is 9.18 Å². The van der Waals surface area contributed by atoms with Crippen LogP contribution in [0.25, 0.3) is 0 Å². The molecule has 0 aliphatic carbocycles. The predicted molar refractivity (Wildman–Crippen MR) is 83.1 cm³/mol. The maximum Gasteiger partial charge on any atom is 0.164 e. The first-order valence-electron chi connectivity index (χ1n) is 7.81. The van der Waals surface area contributed by atoms with Crippen LogP contribution < -0.4 is 0 Å². The Kier molecular flexibility index (Phi) is 5.88. The van der Waals surface area contributed by atoms with E-state index in [-0.39, 0.29) is 11.6 Å². The van der Waals surface area contributed by atoms with Crippen LogP contribution in [-0.2, 0) is 0 Å². The summed E-state index contributed by atoms with van der Waals surface area (Å²) in [7, 11) is 2.06. The van der Waals surface area contributed by atoms with Gasteiger partial charge in [-0.3, -0.25) is 9.69 Å². The van der Waals surface area contributed by atoms with E-state index in [4.69, 9.17) is 0 Å². The van der Waals surface area contributed by atoms with Crippen LogP contribution >= 0.6 is 0 Å². The van der Waals surface area contributed by atoms with Crippen molar-refractivity contribution in [3.8, 4) is 0 Å². The summed E-state index contributed by atoms with van der Waals surface area (Å²) in [5, 5.41) is 0. The number of halogens is 1. The van der Waals surface area contributed by atoms with Crippen LogP contribution in [0.5, 0.6) is 0 Å². The lowest BCUT2D eigenvalue weighted by Gasteiger charge is -2.27. The van der Waals surface area contributed by atoms with Crippen molar-refractivity contribution in [2.75, 3.05) is 33.2 Å². The fourth-order valence-electron chi connectivity index (χ4n) is 3.07. The molecule has 0 amide bonds. The van der Waals surface area contributed by atoms with Gasteiger partial charge in [-0.2, -0.15) is 0 Å². The molecule has 1 unspecified atom stereocenters. The van der Waals surface area contributed by atoms with Crippen molar-refractivity contribution in [2.45, 2.75) is 32.2 Å². The summed E-state index contributed by atoms with van der Waals surface area (Å²) < 4.78 is 13.1. The average molecular weight is 292 g/mol. The Labute approximate surface area is 126 Å². The Morgan fingerprint density at radius 1 is 1.48 bits per heavy atom. The molecule has 21 heavy (non-hydrogen) atoms. The highest BCUT2D eigenvalue weighted by Gasteiger charge is 2.24. The molecule has 1 atom stereocenters. The first-order valence-corrected chi connectivity index (χ1v) is 7.81. The van der Waals surface area contributed by atoms with Crippen LogP contribution in [-0.4, -0.2) is 54.9 Å². The number of carbonyl (C=O) groups is 1. The highest BCUT2D eigenvalue weighted by atomic mass is 19.1. The molecule has 0 N–H and O–H groups in total. The summed E-state index contributed by atoms with van der Waals surface area (Å²) in [6.07, 6.45) is 2.96. The zero-order valence-electron chi connectivity index (χ0n) is 13.0. The number of hydrogen-bond donors (Lipinski definition) is 0. The van der Waals surface area contributed by atoms with Crippen LogP contribution in [0.2, 0.25) is 0 Å². The Morgan fingerprint density at radius 3 is 3.00 bits per heavy atom. The van der Waals surface area contributed by atoms with Crippen molar-refractivity contribution in [1.29, 1.82) is 0 Å². The zero-order chi connectivity index (χ0) is 15.2. The van der Waals surface area contributed by atoms with E-state index >= 15 is 0 Å². The lowest BCUT2D eigenvalue weighted by molar-refractivity contribution is 0.0962. The predicted octanol–water partition coefficient (Wildman–Crippen LogP) is 2.81. The van der Waals surface area contributed by atoms with E-state index in [1.807, 2.05) is 0 Å². The van der Waals surface area contributed by atoms with E-state index < -0.39 is 0 Å². The molecule has 0 radical (unpaired) electrons. The second-order valence-corrected chi connectivity index (χ2v) is 5.87. The molecule has 1 aromatic rings. The van der Waals surface area contributed by atoms with Gasteiger partial charge in [0, 0.05) is 31.1 Å². The minimum Gasteiger partial charge on any atom is -0.304 e. The number of likely N-dealkylation sites (tertiary alicyclic amines) is 1. The van der Waals surface area contributed by atoms with Gasteiger partial charge >= 0.3 is 0 Å². The van der Waals surface area contributed by atoms with Crippen LogP contribution in [0.3, 0.4) is 0 Å². The Bertz CT molecular complexity index is 478. The summed E-state index contributed by atoms with van der Waals surface area (Å²) in [5.41, 5.74) is 0.472. The van der Waals surface area contributed by atoms with E-state index in [2.05, 4.69) is 23.8 Å². The molecule has 0 saturated carbocycles. The number of ketones is 1. The Morgan fingerprint density at radius 2 is 2.29 bits per heavy atom. The third-order valence-corrected chi connectivity index (χ3v) is 4.29. The van der Waals surface area contributed by atoms with Crippen molar-refractivity contribution in [1.82, 2.24) is 9.80 Å². The Balaban J connectivity index is 1.78. The number of Topliss-reactive ketones (excluding diaryl/α,β-unsaturated/α-hetero) is 1. The van der Waals surface area contributed by atoms with Gasteiger partial charge in [0.05, 0.1) is 0 Å². The summed E-state index contributed by atoms with van der Waals surface area (Å²) in [6, 6.07) is 6.57. The van der Waals surface area contributed by atoms with Crippen LogP contribution in [0, 0.1) is 5.82 Å². The first-order chi connectivity index (χ1) is 10.1. The normalized spacial score (nSPS) is 19.3. The SMILES string of the molecule is CCN1CCCC1CN(C)CCC(=O)c1cccc(F)c1. The highest BCUT2D eigenvalue weighted by Crippen LogP contribution is 2.17. The molecule has 2 rings (SSSR count). The zero-order valence-corrected chi connectivity index (χ0v) is 13.0. The first kappa shape index (κ1) is 16.1. The standard InChI is InChI=1S/C17H25FN2O/c1-3-20-10-5-8-16(20)13-19(2)11-9-17(21)14-6-4-7-15(18)12-14/h4,6-7,12,16H,3,5,8-11,13H2,1-2H3. The topological polar surface area (TPSA) is 23.6 Å². The molecule has 4 heteroatoms. The smallest absolute Gasteiger partial charge is 0.164 e. The molecule has 0 spiro atoms. The Hall–Kier alpha value is -1.26. The number of rotatable bonds is 7. The molecule has 3 nitrogen and oxygen atoms in total. The van der Waals surface area contributed by atoms with Gasteiger partial charge in [-0.05, 0) is 45.1 Å². The van der Waals surface area contributed by atoms with E-state index in [1.54, 1.807) is 12.1 Å². The monoisotopic (exact) mass is 292 g/mol. The van der Waals surface area contributed by atoms with Crippen molar-refractivity contribution < 1.29 is 9.18 Å². The minimum absolute atomic E-state index is 0.0140. The second kappa shape index (κ2) is 7.66. The fraction of sp³-hybridized carbons (Fsp3) is 0.588. The molecule has 116 valence electrons. The van der Waals surface area contributed by atoms with E-state index in [0.717, 1.165) is 19.6 Å². The van der Waals surface area contributed by atoms with Gasteiger partial charge in [-0.15, -0.1) is 0 Å². The summed E-state index contributed by atoms with van der Waals surface area (Å²) in [4.78, 5) is 16.8. The van der Waals surface area contributed by atoms with E-state index in [1.165, 1.54) is 31.5 Å². The lowest BCUT2D eigenvalue weighted by Crippen LogP contribution is -2.39. The number of carbonyl (C=O) groups excluding carboxylic acids is 1. The quantitative estimate of drug-likeness (QED) is 0.722. The largest absolute Gasteiger partial charge is 0.304 e. The van der Waals surface area contributed by atoms with Gasteiger partial charge < -0.3 is 4.90 Å².